The van der Waals surface area contributed by atoms with Crippen LogP contribution in [0, 0.1) is 0 Å². The van der Waals surface area contributed by atoms with Crippen molar-refractivity contribution in [1.82, 2.24) is 25.4 Å². The van der Waals surface area contributed by atoms with Crippen molar-refractivity contribution in [3.8, 4) is 22.8 Å². The molecule has 28 heavy (non-hydrogen) atoms. The SMILES string of the molecule is O=C(NCc1cc(=O)[nH]cn1)c1ccccc1-c1nc(-c2ccccc2)no1. The Morgan fingerprint density at radius 1 is 1.07 bits per heavy atom. The molecule has 0 saturated heterocycles. The number of H-pyrrole nitrogens is 1. The topological polar surface area (TPSA) is 114 Å². The van der Waals surface area contributed by atoms with Crippen molar-refractivity contribution in [2.45, 2.75) is 6.54 Å². The van der Waals surface area contributed by atoms with Crippen molar-refractivity contribution in [2.75, 3.05) is 0 Å². The highest BCUT2D eigenvalue weighted by molar-refractivity contribution is 5.99. The maximum atomic E-state index is 12.7. The van der Waals surface area contributed by atoms with Crippen LogP contribution >= 0.6 is 0 Å². The molecule has 0 aliphatic rings. The molecule has 0 atom stereocenters. The highest BCUT2D eigenvalue weighted by atomic mass is 16.5. The molecule has 8 heteroatoms. The highest BCUT2D eigenvalue weighted by Crippen LogP contribution is 2.25. The molecule has 0 bridgehead atoms. The molecule has 138 valence electrons. The smallest absolute Gasteiger partial charge is 0.259 e. The predicted molar refractivity (Wildman–Crippen MR) is 101 cm³/mol. The van der Waals surface area contributed by atoms with E-state index in [1.54, 1.807) is 24.3 Å². The maximum Gasteiger partial charge on any atom is 0.259 e. The fraction of sp³-hybridized carbons (Fsp3) is 0.0500. The third kappa shape index (κ3) is 3.70. The van der Waals surface area contributed by atoms with Gasteiger partial charge in [-0.05, 0) is 12.1 Å². The van der Waals surface area contributed by atoms with E-state index in [1.807, 2.05) is 30.3 Å². The van der Waals surface area contributed by atoms with Crippen LogP contribution in [-0.4, -0.2) is 26.0 Å². The summed E-state index contributed by atoms with van der Waals surface area (Å²) in [6.07, 6.45) is 1.29. The first-order valence-electron chi connectivity index (χ1n) is 8.51. The molecule has 2 aromatic heterocycles. The number of aromatic amines is 1. The fourth-order valence-corrected chi connectivity index (χ4v) is 2.68. The first-order chi connectivity index (χ1) is 13.7. The van der Waals surface area contributed by atoms with Crippen LogP contribution in [0.3, 0.4) is 0 Å². The molecule has 0 radical (unpaired) electrons. The highest BCUT2D eigenvalue weighted by Gasteiger charge is 2.18. The second kappa shape index (κ2) is 7.67. The summed E-state index contributed by atoms with van der Waals surface area (Å²) in [7, 11) is 0. The summed E-state index contributed by atoms with van der Waals surface area (Å²) < 4.78 is 5.38. The van der Waals surface area contributed by atoms with Crippen LogP contribution in [0.5, 0.6) is 0 Å². The molecule has 2 heterocycles. The van der Waals surface area contributed by atoms with Gasteiger partial charge in [-0.15, -0.1) is 0 Å². The predicted octanol–water partition coefficient (Wildman–Crippen LogP) is 2.42. The molecule has 8 nitrogen and oxygen atoms in total. The van der Waals surface area contributed by atoms with Gasteiger partial charge in [0.25, 0.3) is 17.4 Å². The summed E-state index contributed by atoms with van der Waals surface area (Å²) in [5.74, 6) is 0.356. The number of nitrogens with zero attached hydrogens (tertiary/aromatic N) is 3. The lowest BCUT2D eigenvalue weighted by molar-refractivity contribution is 0.0950. The van der Waals surface area contributed by atoms with Gasteiger partial charge in [-0.25, -0.2) is 4.98 Å². The number of carbonyl (C=O) groups is 1. The Labute approximate surface area is 159 Å². The lowest BCUT2D eigenvalue weighted by Crippen LogP contribution is -2.24. The van der Waals surface area contributed by atoms with Crippen molar-refractivity contribution >= 4 is 5.91 Å². The minimum Gasteiger partial charge on any atom is -0.346 e. The largest absolute Gasteiger partial charge is 0.346 e. The molecular weight excluding hydrogens is 358 g/mol. The first kappa shape index (κ1) is 17.3. The number of nitrogens with one attached hydrogen (secondary N) is 2. The number of rotatable bonds is 5. The Morgan fingerprint density at radius 2 is 1.86 bits per heavy atom. The van der Waals surface area contributed by atoms with E-state index in [0.29, 0.717) is 22.6 Å². The first-order valence-corrected chi connectivity index (χ1v) is 8.51. The van der Waals surface area contributed by atoms with Gasteiger partial charge in [0.05, 0.1) is 29.7 Å². The van der Waals surface area contributed by atoms with E-state index in [4.69, 9.17) is 4.52 Å². The summed E-state index contributed by atoms with van der Waals surface area (Å²) in [6.45, 7) is 0.121. The Balaban J connectivity index is 1.58. The Morgan fingerprint density at radius 3 is 2.68 bits per heavy atom. The average Bonchev–Trinajstić information content (AvgIpc) is 3.23. The molecule has 0 unspecified atom stereocenters. The normalized spacial score (nSPS) is 10.6. The van der Waals surface area contributed by atoms with E-state index < -0.39 is 0 Å². The molecule has 0 aliphatic carbocycles. The van der Waals surface area contributed by atoms with E-state index in [1.165, 1.54) is 12.4 Å². The molecule has 2 N–H and O–H groups in total. The summed E-state index contributed by atoms with van der Waals surface area (Å²) in [4.78, 5) is 34.8. The van der Waals surface area contributed by atoms with Crippen molar-refractivity contribution in [3.05, 3.63) is 88.6 Å². The van der Waals surface area contributed by atoms with Crippen molar-refractivity contribution in [3.63, 3.8) is 0 Å². The standard InChI is InChI=1S/C20H15N5O3/c26-17-10-14(22-12-23-17)11-21-19(27)15-8-4-5-9-16(15)20-24-18(25-28-20)13-6-2-1-3-7-13/h1-10,12H,11H2,(H,21,27)(H,22,23,26). The summed E-state index contributed by atoms with van der Waals surface area (Å²) >= 11 is 0. The maximum absolute atomic E-state index is 12.7. The van der Waals surface area contributed by atoms with E-state index in [9.17, 15) is 9.59 Å². The van der Waals surface area contributed by atoms with Crippen molar-refractivity contribution < 1.29 is 9.32 Å². The molecule has 2 aromatic carbocycles. The van der Waals surface area contributed by atoms with Gasteiger partial charge in [0.1, 0.15) is 0 Å². The van der Waals surface area contributed by atoms with E-state index in [-0.39, 0.29) is 23.9 Å². The fourth-order valence-electron chi connectivity index (χ4n) is 2.68. The zero-order chi connectivity index (χ0) is 19.3. The van der Waals surface area contributed by atoms with Gasteiger partial charge in [0.2, 0.25) is 5.82 Å². The average molecular weight is 373 g/mol. The van der Waals surface area contributed by atoms with Crippen LogP contribution in [0.2, 0.25) is 0 Å². The number of carbonyl (C=O) groups excluding carboxylic acids is 1. The van der Waals surface area contributed by atoms with Crippen LogP contribution in [0.1, 0.15) is 16.1 Å². The second-order valence-corrected chi connectivity index (χ2v) is 5.92. The van der Waals surface area contributed by atoms with Crippen LogP contribution < -0.4 is 10.9 Å². The van der Waals surface area contributed by atoms with Crippen molar-refractivity contribution in [1.29, 1.82) is 0 Å². The van der Waals surface area contributed by atoms with Gasteiger partial charge in [0.15, 0.2) is 0 Å². The molecule has 4 rings (SSSR count). The van der Waals surface area contributed by atoms with Crippen LogP contribution in [0.15, 0.2) is 76.3 Å². The number of hydrogen-bond acceptors (Lipinski definition) is 6. The Kier molecular flexibility index (Phi) is 4.75. The number of benzene rings is 2. The van der Waals surface area contributed by atoms with Crippen LogP contribution in [0.25, 0.3) is 22.8 Å². The van der Waals surface area contributed by atoms with Gasteiger partial charge < -0.3 is 14.8 Å². The Bertz CT molecular complexity index is 1170. The molecule has 0 saturated carbocycles. The van der Waals surface area contributed by atoms with E-state index >= 15 is 0 Å². The molecule has 0 aliphatic heterocycles. The minimum atomic E-state index is -0.336. The zero-order valence-electron chi connectivity index (χ0n) is 14.6. The molecule has 0 fully saturated rings. The summed E-state index contributed by atoms with van der Waals surface area (Å²) in [5, 5.41) is 6.75. The second-order valence-electron chi connectivity index (χ2n) is 5.92. The summed E-state index contributed by atoms with van der Waals surface area (Å²) in [6, 6.07) is 17.7. The number of amides is 1. The lowest BCUT2D eigenvalue weighted by Gasteiger charge is -2.07. The summed E-state index contributed by atoms with van der Waals surface area (Å²) in [5.41, 5.74) is 1.90. The van der Waals surface area contributed by atoms with Gasteiger partial charge in [0, 0.05) is 11.6 Å². The lowest BCUT2D eigenvalue weighted by atomic mass is 10.1. The molecular formula is C20H15N5O3. The van der Waals surface area contributed by atoms with Gasteiger partial charge in [-0.3, -0.25) is 9.59 Å². The molecule has 0 spiro atoms. The van der Waals surface area contributed by atoms with Crippen molar-refractivity contribution in [2.24, 2.45) is 0 Å². The van der Waals surface area contributed by atoms with Gasteiger partial charge >= 0.3 is 0 Å². The molecule has 4 aromatic rings. The van der Waals surface area contributed by atoms with Crippen LogP contribution in [-0.2, 0) is 6.54 Å². The zero-order valence-corrected chi connectivity index (χ0v) is 14.6. The third-order valence-corrected chi connectivity index (χ3v) is 4.03. The Hall–Kier alpha value is -4.07. The quantitative estimate of drug-likeness (QED) is 0.555. The van der Waals surface area contributed by atoms with Gasteiger partial charge in [-0.2, -0.15) is 4.98 Å². The molecule has 1 amide bonds. The minimum absolute atomic E-state index is 0.121. The van der Waals surface area contributed by atoms with Gasteiger partial charge in [-0.1, -0.05) is 47.6 Å². The third-order valence-electron chi connectivity index (χ3n) is 4.03. The van der Waals surface area contributed by atoms with E-state index in [0.717, 1.165) is 5.56 Å². The monoisotopic (exact) mass is 373 g/mol. The van der Waals surface area contributed by atoms with Crippen LogP contribution in [0.4, 0.5) is 0 Å². The number of aromatic nitrogens is 4. The van der Waals surface area contributed by atoms with E-state index in [2.05, 4.69) is 25.4 Å². The number of hydrogen-bond donors (Lipinski definition) is 2.